The first kappa shape index (κ1) is 40.9. The third-order valence-corrected chi connectivity index (χ3v) is 10.2. The highest BCUT2D eigenvalue weighted by molar-refractivity contribution is 5.84. The maximum Gasteiger partial charge on any atom is 0.207 e. The Morgan fingerprint density at radius 2 is 1.45 bits per heavy atom. The number of amides is 1. The molecular formula is C51H53N5O2. The summed E-state index contributed by atoms with van der Waals surface area (Å²) in [4.78, 5) is 22.2. The average Bonchev–Trinajstić information content (AvgIpc) is 4.01. The quantitative estimate of drug-likeness (QED) is 0.0986. The molecule has 7 nitrogen and oxygen atoms in total. The van der Waals surface area contributed by atoms with Crippen LogP contribution < -0.4 is 10.6 Å². The van der Waals surface area contributed by atoms with Gasteiger partial charge in [0.05, 0.1) is 31.1 Å². The lowest BCUT2D eigenvalue weighted by molar-refractivity contribution is -0.110. The van der Waals surface area contributed by atoms with E-state index in [1.165, 1.54) is 38.6 Å². The molecule has 294 valence electrons. The number of nitrogens with one attached hydrogen (secondary N) is 4. The maximum atomic E-state index is 11.1. The summed E-state index contributed by atoms with van der Waals surface area (Å²) in [6, 6.07) is 50.1. The number of para-hydroxylation sites is 1. The summed E-state index contributed by atoms with van der Waals surface area (Å²) >= 11 is 0. The molecule has 9 rings (SSSR count). The van der Waals surface area contributed by atoms with E-state index in [0.717, 1.165) is 45.9 Å². The number of rotatable bonds is 11. The molecule has 1 aliphatic carbocycles. The van der Waals surface area contributed by atoms with Gasteiger partial charge in [-0.15, -0.1) is 0 Å². The van der Waals surface area contributed by atoms with E-state index in [0.29, 0.717) is 25.3 Å². The van der Waals surface area contributed by atoms with E-state index in [1.807, 2.05) is 74.8 Å². The van der Waals surface area contributed by atoms with Crippen molar-refractivity contribution < 1.29 is 9.53 Å². The predicted molar refractivity (Wildman–Crippen MR) is 241 cm³/mol. The zero-order valence-electron chi connectivity index (χ0n) is 33.8. The van der Waals surface area contributed by atoms with Gasteiger partial charge in [-0.3, -0.25) is 4.79 Å². The molecule has 1 atom stereocenters. The van der Waals surface area contributed by atoms with Crippen molar-refractivity contribution in [2.75, 3.05) is 13.7 Å². The number of hydrogen-bond donors (Lipinski definition) is 4. The Kier molecular flexibility index (Phi) is 14.4. The SMILES string of the molecule is C=C(NCc1ncc(-c2ccccc2)[nH]1)C(Cc1c[nH]c2ccccc12)NC=O.CC.COCC1c2ccccc2-c2ccccc21.Cc1ccc2ccccc2c1. The Morgan fingerprint density at radius 1 is 0.810 bits per heavy atom. The van der Waals surface area contributed by atoms with Crippen LogP contribution in [-0.2, 0) is 22.5 Å². The molecule has 1 amide bonds. The van der Waals surface area contributed by atoms with Gasteiger partial charge in [0.25, 0.3) is 0 Å². The van der Waals surface area contributed by atoms with E-state index in [9.17, 15) is 4.79 Å². The molecular weight excluding hydrogens is 715 g/mol. The standard InChI is InChI=1S/C23H23N5O.C15H14O.C11H10.C2H6/c1-16(24-14-23-26-13-22(28-23)17-7-3-2-4-8-17)21(27-15-29)11-18-12-25-20-10-6-5-9-19(18)20;1-16-10-15-13-8-4-2-6-11(13)12-7-3-5-9-14(12)15;1-9-6-7-10-4-2-3-5-11(10)8-9;1-2/h2-10,12-13,15,21,24-25H,1,11,14H2,(H,26,28)(H,27,29);2-9,15H,10H2,1H3;2-8H,1H3;1-2H3. The number of imidazole rings is 1. The van der Waals surface area contributed by atoms with Crippen molar-refractivity contribution in [1.29, 1.82) is 0 Å². The summed E-state index contributed by atoms with van der Waals surface area (Å²) < 4.78 is 5.34. The second-order valence-electron chi connectivity index (χ2n) is 13.9. The maximum absolute atomic E-state index is 11.1. The molecule has 0 spiro atoms. The smallest absolute Gasteiger partial charge is 0.207 e. The zero-order chi connectivity index (χ0) is 40.7. The van der Waals surface area contributed by atoms with Crippen LogP contribution in [0.4, 0.5) is 0 Å². The highest BCUT2D eigenvalue weighted by Gasteiger charge is 2.27. The van der Waals surface area contributed by atoms with Gasteiger partial charge < -0.3 is 25.3 Å². The van der Waals surface area contributed by atoms with Gasteiger partial charge in [0, 0.05) is 42.2 Å². The van der Waals surface area contributed by atoms with Crippen molar-refractivity contribution >= 4 is 28.1 Å². The van der Waals surface area contributed by atoms with Crippen molar-refractivity contribution in [3.8, 4) is 22.4 Å². The summed E-state index contributed by atoms with van der Waals surface area (Å²) in [6.45, 7) is 11.5. The van der Waals surface area contributed by atoms with Crippen LogP contribution in [0.2, 0.25) is 0 Å². The highest BCUT2D eigenvalue weighted by Crippen LogP contribution is 2.44. The molecule has 2 heterocycles. The fourth-order valence-electron chi connectivity index (χ4n) is 7.34. The summed E-state index contributed by atoms with van der Waals surface area (Å²) in [6.07, 6.45) is 5.16. The van der Waals surface area contributed by atoms with Crippen molar-refractivity contribution in [2.45, 2.75) is 45.7 Å². The fourth-order valence-corrected chi connectivity index (χ4v) is 7.34. The van der Waals surface area contributed by atoms with Gasteiger partial charge in [-0.25, -0.2) is 4.98 Å². The molecule has 0 aliphatic heterocycles. The van der Waals surface area contributed by atoms with Crippen LogP contribution in [0.5, 0.6) is 0 Å². The number of ether oxygens (including phenoxy) is 1. The lowest BCUT2D eigenvalue weighted by Gasteiger charge is -2.20. The fraction of sp³-hybridized carbons (Fsp3) is 0.176. The van der Waals surface area contributed by atoms with Crippen LogP contribution in [0.15, 0.2) is 170 Å². The molecule has 4 N–H and O–H groups in total. The Hall–Kier alpha value is -6.70. The largest absolute Gasteiger partial charge is 0.384 e. The average molecular weight is 768 g/mol. The third kappa shape index (κ3) is 9.99. The summed E-state index contributed by atoms with van der Waals surface area (Å²) in [7, 11) is 1.77. The van der Waals surface area contributed by atoms with Gasteiger partial charge in [0.15, 0.2) is 0 Å². The summed E-state index contributed by atoms with van der Waals surface area (Å²) in [5, 5.41) is 9.95. The van der Waals surface area contributed by atoms with Gasteiger partial charge in [-0.05, 0) is 57.1 Å². The van der Waals surface area contributed by atoms with Crippen LogP contribution in [0, 0.1) is 6.92 Å². The second-order valence-corrected chi connectivity index (χ2v) is 13.9. The van der Waals surface area contributed by atoms with Crippen LogP contribution >= 0.6 is 0 Å². The number of benzene rings is 6. The Balaban J connectivity index is 0.000000162. The van der Waals surface area contributed by atoms with Crippen LogP contribution in [0.1, 0.15) is 47.8 Å². The minimum Gasteiger partial charge on any atom is -0.384 e. The number of fused-ring (bicyclic) bond motifs is 5. The molecule has 2 aromatic heterocycles. The van der Waals surface area contributed by atoms with Gasteiger partial charge >= 0.3 is 0 Å². The highest BCUT2D eigenvalue weighted by atomic mass is 16.5. The molecule has 7 heteroatoms. The van der Waals surface area contributed by atoms with E-state index < -0.39 is 0 Å². The molecule has 0 bridgehead atoms. The molecule has 58 heavy (non-hydrogen) atoms. The number of aromatic nitrogens is 3. The normalized spacial score (nSPS) is 11.7. The Morgan fingerprint density at radius 3 is 2.16 bits per heavy atom. The lowest BCUT2D eigenvalue weighted by atomic mass is 9.98. The number of carbonyl (C=O) groups excluding carboxylic acids is 1. The predicted octanol–water partition coefficient (Wildman–Crippen LogP) is 11.1. The summed E-state index contributed by atoms with van der Waals surface area (Å²) in [5.74, 6) is 1.21. The number of H-pyrrole nitrogens is 2. The van der Waals surface area contributed by atoms with Crippen LogP contribution in [-0.4, -0.2) is 41.1 Å². The van der Waals surface area contributed by atoms with Crippen molar-refractivity contribution in [3.63, 3.8) is 0 Å². The molecule has 0 saturated carbocycles. The summed E-state index contributed by atoms with van der Waals surface area (Å²) in [5.41, 5.74) is 11.8. The number of methoxy groups -OCH3 is 1. The molecule has 0 saturated heterocycles. The monoisotopic (exact) mass is 767 g/mol. The Labute approximate surface area is 342 Å². The molecule has 1 unspecified atom stereocenters. The second kappa shape index (κ2) is 20.5. The topological polar surface area (TPSA) is 94.8 Å². The minimum absolute atomic E-state index is 0.227. The minimum atomic E-state index is -0.227. The molecule has 8 aromatic rings. The number of nitrogens with zero attached hydrogens (tertiary/aromatic N) is 1. The number of hydrogen-bond acceptors (Lipinski definition) is 4. The van der Waals surface area contributed by atoms with Gasteiger partial charge in [0.2, 0.25) is 6.41 Å². The number of aryl methyl sites for hydroxylation is 1. The first-order chi connectivity index (χ1) is 28.5. The van der Waals surface area contributed by atoms with Crippen LogP contribution in [0.25, 0.3) is 44.1 Å². The van der Waals surface area contributed by atoms with E-state index >= 15 is 0 Å². The van der Waals surface area contributed by atoms with Gasteiger partial charge in [0.1, 0.15) is 5.82 Å². The molecule has 0 fully saturated rings. The van der Waals surface area contributed by atoms with Crippen molar-refractivity contribution in [3.05, 3.63) is 198 Å². The first-order valence-corrected chi connectivity index (χ1v) is 19.9. The number of aromatic amines is 2. The van der Waals surface area contributed by atoms with E-state index in [4.69, 9.17) is 4.74 Å². The van der Waals surface area contributed by atoms with Gasteiger partial charge in [-0.2, -0.15) is 0 Å². The molecule has 1 aliphatic rings. The Bertz CT molecular complexity index is 2490. The van der Waals surface area contributed by atoms with Crippen molar-refractivity contribution in [1.82, 2.24) is 25.6 Å². The zero-order valence-corrected chi connectivity index (χ0v) is 33.8. The van der Waals surface area contributed by atoms with Crippen molar-refractivity contribution in [2.24, 2.45) is 0 Å². The van der Waals surface area contributed by atoms with E-state index in [2.05, 4.69) is 136 Å². The van der Waals surface area contributed by atoms with Gasteiger partial charge in [-0.1, -0.05) is 166 Å². The number of carbonyl (C=O) groups is 1. The third-order valence-electron chi connectivity index (χ3n) is 10.2. The van der Waals surface area contributed by atoms with Crippen LogP contribution in [0.3, 0.4) is 0 Å². The lowest BCUT2D eigenvalue weighted by Crippen LogP contribution is -2.37. The molecule has 6 aromatic carbocycles. The molecule has 0 radical (unpaired) electrons. The van der Waals surface area contributed by atoms with E-state index in [1.54, 1.807) is 7.11 Å². The van der Waals surface area contributed by atoms with E-state index in [-0.39, 0.29) is 6.04 Å². The first-order valence-electron chi connectivity index (χ1n) is 19.9.